The fourth-order valence-corrected chi connectivity index (χ4v) is 1.08. The van der Waals surface area contributed by atoms with Crippen LogP contribution in [0.1, 0.15) is 33.6 Å². The Balaban J connectivity index is 2.37. The summed E-state index contributed by atoms with van der Waals surface area (Å²) in [5.41, 5.74) is 0. The van der Waals surface area contributed by atoms with Crippen LogP contribution in [0.5, 0.6) is 0 Å². The van der Waals surface area contributed by atoms with Crippen LogP contribution >= 0.6 is 0 Å². The van der Waals surface area contributed by atoms with Gasteiger partial charge < -0.3 is 14.2 Å². The molecule has 0 aromatic heterocycles. The summed E-state index contributed by atoms with van der Waals surface area (Å²) in [4.78, 5) is 0. The van der Waals surface area contributed by atoms with Gasteiger partial charge in [-0.25, -0.2) is 0 Å². The lowest BCUT2D eigenvalue weighted by Crippen LogP contribution is -2.38. The van der Waals surface area contributed by atoms with Gasteiger partial charge in [0.05, 0.1) is 0 Å². The molecule has 66 valence electrons. The lowest BCUT2D eigenvalue weighted by molar-refractivity contribution is -0.378. The number of rotatable bonds is 2. The van der Waals surface area contributed by atoms with Crippen LogP contribution in [-0.2, 0) is 14.2 Å². The molecule has 3 nitrogen and oxygen atoms in total. The van der Waals surface area contributed by atoms with Gasteiger partial charge in [-0.1, -0.05) is 13.8 Å². The van der Waals surface area contributed by atoms with Crippen LogP contribution in [0.3, 0.4) is 0 Å². The van der Waals surface area contributed by atoms with E-state index in [1.807, 2.05) is 20.8 Å². The van der Waals surface area contributed by atoms with Crippen molar-refractivity contribution in [3.63, 3.8) is 0 Å². The van der Waals surface area contributed by atoms with Crippen LogP contribution in [0.25, 0.3) is 0 Å². The van der Waals surface area contributed by atoms with Gasteiger partial charge in [-0.3, -0.25) is 0 Å². The molecule has 0 aromatic carbocycles. The zero-order valence-corrected chi connectivity index (χ0v) is 7.37. The van der Waals surface area contributed by atoms with E-state index in [2.05, 4.69) is 0 Å². The van der Waals surface area contributed by atoms with Gasteiger partial charge in [-0.05, 0) is 19.8 Å². The first kappa shape index (κ1) is 8.97. The molecule has 0 amide bonds. The molecule has 0 saturated carbocycles. The summed E-state index contributed by atoms with van der Waals surface area (Å²) >= 11 is 0. The molecule has 0 spiro atoms. The zero-order chi connectivity index (χ0) is 8.27. The third kappa shape index (κ3) is 2.43. The minimum Gasteiger partial charge on any atom is -0.324 e. The van der Waals surface area contributed by atoms with Gasteiger partial charge in [0, 0.05) is 0 Å². The minimum absolute atomic E-state index is 0.0799. The van der Waals surface area contributed by atoms with E-state index in [1.165, 1.54) is 0 Å². The third-order valence-electron chi connectivity index (χ3n) is 1.66. The molecule has 11 heavy (non-hydrogen) atoms. The Hall–Kier alpha value is -0.120. The van der Waals surface area contributed by atoms with Gasteiger partial charge in [0.15, 0.2) is 18.9 Å². The maximum atomic E-state index is 5.41. The highest BCUT2D eigenvalue weighted by Crippen LogP contribution is 2.18. The monoisotopic (exact) mass is 160 g/mol. The van der Waals surface area contributed by atoms with Gasteiger partial charge in [0.2, 0.25) is 0 Å². The maximum Gasteiger partial charge on any atom is 0.163 e. The van der Waals surface area contributed by atoms with Gasteiger partial charge in [0.25, 0.3) is 0 Å². The molecular weight excluding hydrogens is 144 g/mol. The van der Waals surface area contributed by atoms with E-state index in [9.17, 15) is 0 Å². The Bertz CT molecular complexity index is 104. The maximum absolute atomic E-state index is 5.41. The van der Waals surface area contributed by atoms with Gasteiger partial charge in [-0.15, -0.1) is 0 Å². The molecule has 0 radical (unpaired) electrons. The standard InChI is InChI=1S/C8H16O3/c1-4-7-9-6(3)10-8(5-2)11-7/h6-8H,4-5H2,1-3H3/t6?,7-,8+. The zero-order valence-electron chi connectivity index (χ0n) is 7.37. The second-order valence-electron chi connectivity index (χ2n) is 2.65. The topological polar surface area (TPSA) is 27.7 Å². The highest BCUT2D eigenvalue weighted by molar-refractivity contribution is 4.52. The minimum atomic E-state index is -0.126. The van der Waals surface area contributed by atoms with Crippen molar-refractivity contribution in [3.05, 3.63) is 0 Å². The summed E-state index contributed by atoms with van der Waals surface area (Å²) in [6.07, 6.45) is 1.47. The molecule has 1 aliphatic heterocycles. The second kappa shape index (κ2) is 4.04. The first-order valence-electron chi connectivity index (χ1n) is 4.22. The van der Waals surface area contributed by atoms with Crippen LogP contribution in [-0.4, -0.2) is 18.9 Å². The van der Waals surface area contributed by atoms with Crippen molar-refractivity contribution in [2.75, 3.05) is 0 Å². The molecule has 1 rings (SSSR count). The highest BCUT2D eigenvalue weighted by Gasteiger charge is 2.25. The molecular formula is C8H16O3. The number of hydrogen-bond donors (Lipinski definition) is 0. The predicted octanol–water partition coefficient (Wildman–Crippen LogP) is 1.87. The molecule has 1 aliphatic rings. The summed E-state index contributed by atoms with van der Waals surface area (Å²) < 4.78 is 16.1. The summed E-state index contributed by atoms with van der Waals surface area (Å²) in [5, 5.41) is 0. The largest absolute Gasteiger partial charge is 0.324 e. The lowest BCUT2D eigenvalue weighted by atomic mass is 10.4. The van der Waals surface area contributed by atoms with E-state index in [4.69, 9.17) is 14.2 Å². The molecule has 0 bridgehead atoms. The Morgan fingerprint density at radius 1 is 0.909 bits per heavy atom. The van der Waals surface area contributed by atoms with Crippen LogP contribution < -0.4 is 0 Å². The molecule has 1 fully saturated rings. The molecule has 3 atom stereocenters. The van der Waals surface area contributed by atoms with Crippen molar-refractivity contribution >= 4 is 0 Å². The first-order chi connectivity index (χ1) is 5.26. The van der Waals surface area contributed by atoms with E-state index >= 15 is 0 Å². The Kier molecular flexibility index (Phi) is 3.30. The van der Waals surface area contributed by atoms with Crippen LogP contribution in [0.2, 0.25) is 0 Å². The van der Waals surface area contributed by atoms with E-state index in [0.29, 0.717) is 0 Å². The predicted molar refractivity (Wildman–Crippen MR) is 40.9 cm³/mol. The third-order valence-corrected chi connectivity index (χ3v) is 1.66. The molecule has 0 aromatic rings. The molecule has 1 unspecified atom stereocenters. The van der Waals surface area contributed by atoms with E-state index in [-0.39, 0.29) is 18.9 Å². The quantitative estimate of drug-likeness (QED) is 0.617. The molecule has 1 heterocycles. The first-order valence-corrected chi connectivity index (χ1v) is 4.22. The van der Waals surface area contributed by atoms with E-state index in [1.54, 1.807) is 0 Å². The summed E-state index contributed by atoms with van der Waals surface area (Å²) in [7, 11) is 0. The van der Waals surface area contributed by atoms with Crippen LogP contribution in [0.15, 0.2) is 0 Å². The van der Waals surface area contributed by atoms with Gasteiger partial charge in [-0.2, -0.15) is 0 Å². The number of hydrogen-bond acceptors (Lipinski definition) is 3. The second-order valence-corrected chi connectivity index (χ2v) is 2.65. The molecule has 1 saturated heterocycles. The van der Waals surface area contributed by atoms with Crippen molar-refractivity contribution in [3.8, 4) is 0 Å². The highest BCUT2D eigenvalue weighted by atomic mass is 16.9. The van der Waals surface area contributed by atoms with Crippen molar-refractivity contribution in [1.82, 2.24) is 0 Å². The number of ether oxygens (including phenoxy) is 3. The Labute approximate surface area is 67.6 Å². The van der Waals surface area contributed by atoms with Gasteiger partial charge in [0.1, 0.15) is 0 Å². The summed E-state index contributed by atoms with van der Waals surface area (Å²) in [6.45, 7) is 5.97. The fourth-order valence-electron chi connectivity index (χ4n) is 1.08. The fraction of sp³-hybridized carbons (Fsp3) is 1.00. The molecule has 0 aliphatic carbocycles. The average molecular weight is 160 g/mol. The Morgan fingerprint density at radius 2 is 1.36 bits per heavy atom. The van der Waals surface area contributed by atoms with E-state index in [0.717, 1.165) is 12.8 Å². The van der Waals surface area contributed by atoms with Gasteiger partial charge >= 0.3 is 0 Å². The SMILES string of the molecule is CC[C@@H]1OC(C)O[C@H](CC)O1. The smallest absolute Gasteiger partial charge is 0.163 e. The Morgan fingerprint density at radius 3 is 1.73 bits per heavy atom. The summed E-state index contributed by atoms with van der Waals surface area (Å²) in [5.74, 6) is 0. The summed E-state index contributed by atoms with van der Waals surface area (Å²) in [6, 6.07) is 0. The normalized spacial score (nSPS) is 39.0. The molecule has 0 N–H and O–H groups in total. The van der Waals surface area contributed by atoms with Crippen molar-refractivity contribution in [2.45, 2.75) is 52.5 Å². The van der Waals surface area contributed by atoms with Crippen molar-refractivity contribution in [1.29, 1.82) is 0 Å². The molecule has 3 heteroatoms. The van der Waals surface area contributed by atoms with Crippen molar-refractivity contribution in [2.24, 2.45) is 0 Å². The van der Waals surface area contributed by atoms with Crippen LogP contribution in [0.4, 0.5) is 0 Å². The van der Waals surface area contributed by atoms with E-state index < -0.39 is 0 Å². The lowest BCUT2D eigenvalue weighted by Gasteiger charge is -2.33. The van der Waals surface area contributed by atoms with Crippen LogP contribution in [0, 0.1) is 0 Å². The van der Waals surface area contributed by atoms with Crippen molar-refractivity contribution < 1.29 is 14.2 Å². The average Bonchev–Trinajstić information content (AvgIpc) is 2.03.